The number of carbonyl (C=O) groups excluding carboxylic acids is 4. The largest absolute Gasteiger partial charge is 0.370 e. The maximum absolute atomic E-state index is 13.6. The molecule has 18 heteroatoms. The summed E-state index contributed by atoms with van der Waals surface area (Å²) in [7, 11) is 0. The number of nitrogens with one attached hydrogen (secondary N) is 5. The molecular formula is C36H32ClF2N11O4. The standard InChI is InChI=1S/C21H18F2N6O2.C15H14ClN5O2/c22-14-5-15(23)7-16(6-14)26-17-8-18(24-9-11-1-2-11)29-20(27-17)13(10-25-29)3-12-4-19(30)28-21(12)31;16-11-5-12(17-6-8-1-2-8)21-14(19-11)10(7-18-21)3-9-4-13(22)20-15(9)23/h3,5-8,10-11,24H,1-2,4,9H2,(H,26,27)(H,28,30,31);3,5,7-8,17H,1-2,4,6H2,(H,20,22,23)/b12-3+;9-3+. The molecule has 4 amide bonds. The van der Waals surface area contributed by atoms with E-state index in [0.717, 1.165) is 37.8 Å². The first kappa shape index (κ1) is 34.8. The lowest BCUT2D eigenvalue weighted by Crippen LogP contribution is -2.19. The molecule has 0 unspecified atom stereocenters. The molecule has 0 spiro atoms. The van der Waals surface area contributed by atoms with E-state index < -0.39 is 17.5 Å². The van der Waals surface area contributed by atoms with Gasteiger partial charge in [0.1, 0.15) is 34.2 Å². The van der Waals surface area contributed by atoms with Crippen molar-refractivity contribution >= 4 is 81.8 Å². The molecule has 4 fully saturated rings. The molecule has 5 aromatic rings. The summed E-state index contributed by atoms with van der Waals surface area (Å²) >= 11 is 6.11. The Balaban J connectivity index is 0.000000160. The van der Waals surface area contributed by atoms with Crippen LogP contribution >= 0.6 is 11.6 Å². The topological polar surface area (TPSA) is 189 Å². The molecule has 4 aromatic heterocycles. The summed E-state index contributed by atoms with van der Waals surface area (Å²) < 4.78 is 30.4. The van der Waals surface area contributed by atoms with Crippen molar-refractivity contribution in [3.05, 3.63) is 81.8 Å². The smallest absolute Gasteiger partial charge is 0.254 e. The fraction of sp³-hybridized carbons (Fsp3) is 0.278. The SMILES string of the molecule is O=C1C/C(=C\c2cnn3c(NCC4CC4)cc(Cl)nc23)C(=O)N1.O=C1C/C(=C\c2cnn3c(NCC4CC4)cc(Nc4cc(F)cc(F)c4)nc23)C(=O)N1. The first-order valence-electron chi connectivity index (χ1n) is 17.3. The molecule has 15 nitrogen and oxygen atoms in total. The van der Waals surface area contributed by atoms with Crippen LogP contribution in [-0.2, 0) is 19.2 Å². The van der Waals surface area contributed by atoms with Crippen LogP contribution in [0, 0.1) is 23.5 Å². The quantitative estimate of drug-likeness (QED) is 0.0759. The number of imide groups is 2. The van der Waals surface area contributed by atoms with Gasteiger partial charge in [-0.05, 0) is 61.8 Å². The summed E-state index contributed by atoms with van der Waals surface area (Å²) in [6, 6.07) is 6.56. The monoisotopic (exact) mass is 755 g/mol. The van der Waals surface area contributed by atoms with Gasteiger partial charge in [0.15, 0.2) is 11.3 Å². The lowest BCUT2D eigenvalue weighted by Gasteiger charge is -2.12. The van der Waals surface area contributed by atoms with Gasteiger partial charge in [-0.3, -0.25) is 29.8 Å². The third kappa shape index (κ3) is 7.90. The molecule has 1 aromatic carbocycles. The maximum Gasteiger partial charge on any atom is 0.254 e. The van der Waals surface area contributed by atoms with Crippen LogP contribution in [0.2, 0.25) is 5.15 Å². The fourth-order valence-corrected chi connectivity index (χ4v) is 6.17. The Hall–Kier alpha value is -6.23. The Kier molecular flexibility index (Phi) is 9.23. The lowest BCUT2D eigenvalue weighted by molar-refractivity contribution is -0.125. The van der Waals surface area contributed by atoms with Gasteiger partial charge in [0.25, 0.3) is 11.8 Å². The highest BCUT2D eigenvalue weighted by Gasteiger charge is 2.27. The Morgan fingerprint density at radius 2 is 1.22 bits per heavy atom. The summed E-state index contributed by atoms with van der Waals surface area (Å²) in [6.07, 6.45) is 11.3. The molecule has 9 rings (SSSR count). The number of halogens is 3. The van der Waals surface area contributed by atoms with Crippen LogP contribution in [0.1, 0.15) is 49.7 Å². The minimum atomic E-state index is -0.706. The van der Waals surface area contributed by atoms with Crippen LogP contribution in [0.3, 0.4) is 0 Å². The van der Waals surface area contributed by atoms with E-state index in [0.29, 0.717) is 62.2 Å². The number of fused-ring (bicyclic) bond motifs is 2. The molecule has 54 heavy (non-hydrogen) atoms. The van der Waals surface area contributed by atoms with Crippen molar-refractivity contribution in [3.63, 3.8) is 0 Å². The molecule has 2 aliphatic heterocycles. The normalized spacial score (nSPS) is 18.4. The van der Waals surface area contributed by atoms with E-state index in [1.54, 1.807) is 45.7 Å². The van der Waals surface area contributed by atoms with E-state index in [2.05, 4.69) is 46.7 Å². The second kappa shape index (κ2) is 14.3. The zero-order valence-electron chi connectivity index (χ0n) is 28.5. The zero-order valence-corrected chi connectivity index (χ0v) is 29.2. The van der Waals surface area contributed by atoms with Gasteiger partial charge in [0.05, 0.1) is 25.2 Å². The number of benzene rings is 1. The third-order valence-corrected chi connectivity index (χ3v) is 9.28. The number of rotatable bonds is 10. The summed E-state index contributed by atoms with van der Waals surface area (Å²) in [5, 5.41) is 23.1. The van der Waals surface area contributed by atoms with Gasteiger partial charge in [-0.2, -0.15) is 19.2 Å². The van der Waals surface area contributed by atoms with E-state index >= 15 is 0 Å². The van der Waals surface area contributed by atoms with E-state index in [-0.39, 0.29) is 36.3 Å². The van der Waals surface area contributed by atoms with Gasteiger partial charge in [-0.15, -0.1) is 0 Å². The molecule has 2 aliphatic carbocycles. The van der Waals surface area contributed by atoms with Crippen molar-refractivity contribution in [2.24, 2.45) is 11.8 Å². The summed E-state index contributed by atoms with van der Waals surface area (Å²) in [5.74, 6) is 0.191. The summed E-state index contributed by atoms with van der Waals surface area (Å²) in [6.45, 7) is 1.64. The maximum atomic E-state index is 13.6. The van der Waals surface area contributed by atoms with Crippen molar-refractivity contribution in [2.75, 3.05) is 29.0 Å². The number of hydrogen-bond acceptors (Lipinski definition) is 11. The Bertz CT molecular complexity index is 2410. The van der Waals surface area contributed by atoms with Crippen molar-refractivity contribution < 1.29 is 28.0 Å². The Morgan fingerprint density at radius 1 is 0.722 bits per heavy atom. The molecule has 276 valence electrons. The van der Waals surface area contributed by atoms with Gasteiger partial charge < -0.3 is 16.0 Å². The molecule has 5 N–H and O–H groups in total. The van der Waals surface area contributed by atoms with Gasteiger partial charge in [-0.1, -0.05) is 11.6 Å². The molecule has 0 atom stereocenters. The third-order valence-electron chi connectivity index (χ3n) is 9.09. The first-order valence-corrected chi connectivity index (χ1v) is 17.7. The first-order chi connectivity index (χ1) is 26.0. The highest BCUT2D eigenvalue weighted by atomic mass is 35.5. The fourth-order valence-electron chi connectivity index (χ4n) is 5.98. The molecule has 0 radical (unpaired) electrons. The minimum absolute atomic E-state index is 0.0104. The number of hydrogen-bond donors (Lipinski definition) is 5. The van der Waals surface area contributed by atoms with Crippen LogP contribution < -0.4 is 26.6 Å². The molecule has 6 heterocycles. The van der Waals surface area contributed by atoms with Crippen molar-refractivity contribution in [1.82, 2.24) is 39.8 Å². The van der Waals surface area contributed by atoms with E-state index in [1.807, 2.05) is 0 Å². The van der Waals surface area contributed by atoms with Crippen molar-refractivity contribution in [3.8, 4) is 0 Å². The van der Waals surface area contributed by atoms with Gasteiger partial charge in [0.2, 0.25) is 11.8 Å². The number of aromatic nitrogens is 6. The van der Waals surface area contributed by atoms with Gasteiger partial charge in [0, 0.05) is 59.2 Å². The van der Waals surface area contributed by atoms with Crippen LogP contribution in [-0.4, -0.2) is 65.9 Å². The molecule has 4 aliphatic rings. The predicted molar refractivity (Wildman–Crippen MR) is 195 cm³/mol. The lowest BCUT2D eigenvalue weighted by atomic mass is 10.1. The summed E-state index contributed by atoms with van der Waals surface area (Å²) in [5.41, 5.74) is 3.11. The number of carbonyl (C=O) groups is 4. The van der Waals surface area contributed by atoms with Crippen LogP contribution in [0.5, 0.6) is 0 Å². The second-order valence-electron chi connectivity index (χ2n) is 13.5. The number of amides is 4. The van der Waals surface area contributed by atoms with Crippen molar-refractivity contribution in [2.45, 2.75) is 38.5 Å². The Morgan fingerprint density at radius 3 is 1.70 bits per heavy atom. The number of anilines is 4. The van der Waals surface area contributed by atoms with Crippen LogP contribution in [0.4, 0.5) is 31.9 Å². The molecular weight excluding hydrogens is 724 g/mol. The van der Waals surface area contributed by atoms with Crippen LogP contribution in [0.15, 0.2) is 53.9 Å². The Labute approximate surface area is 310 Å². The zero-order chi connectivity index (χ0) is 37.5. The predicted octanol–water partition coefficient (Wildman–Crippen LogP) is 4.64. The average molecular weight is 756 g/mol. The number of nitrogens with zero attached hydrogens (tertiary/aromatic N) is 6. The average Bonchev–Trinajstić information content (AvgIpc) is 3.99. The summed E-state index contributed by atoms with van der Waals surface area (Å²) in [4.78, 5) is 55.2. The van der Waals surface area contributed by atoms with Crippen LogP contribution in [0.25, 0.3) is 23.4 Å². The van der Waals surface area contributed by atoms with E-state index in [1.165, 1.54) is 25.0 Å². The highest BCUT2D eigenvalue weighted by molar-refractivity contribution is 6.29. The molecule has 0 bridgehead atoms. The minimum Gasteiger partial charge on any atom is -0.370 e. The van der Waals surface area contributed by atoms with E-state index in [9.17, 15) is 28.0 Å². The molecule has 2 saturated carbocycles. The molecule has 2 saturated heterocycles. The van der Waals surface area contributed by atoms with Gasteiger partial charge >= 0.3 is 0 Å². The second-order valence-corrected chi connectivity index (χ2v) is 13.9. The van der Waals surface area contributed by atoms with E-state index in [4.69, 9.17) is 11.6 Å². The highest BCUT2D eigenvalue weighted by Crippen LogP contribution is 2.31. The van der Waals surface area contributed by atoms with Gasteiger partial charge in [-0.25, -0.2) is 18.7 Å². The van der Waals surface area contributed by atoms with Crippen molar-refractivity contribution in [1.29, 1.82) is 0 Å².